The molecule has 2 amide bonds. The number of anilines is 1. The van der Waals surface area contributed by atoms with Crippen molar-refractivity contribution in [3.8, 4) is 0 Å². The van der Waals surface area contributed by atoms with Crippen LogP contribution in [0.25, 0.3) is 0 Å². The molecule has 4 heterocycles. The second kappa shape index (κ2) is 9.13. The van der Waals surface area contributed by atoms with Crippen molar-refractivity contribution >= 4 is 39.6 Å². The number of likely N-dealkylation sites (tertiary alicyclic amines) is 1. The third-order valence-electron chi connectivity index (χ3n) is 5.07. The van der Waals surface area contributed by atoms with E-state index in [9.17, 15) is 9.59 Å². The predicted octanol–water partition coefficient (Wildman–Crippen LogP) is 2.67. The van der Waals surface area contributed by atoms with Crippen LogP contribution in [0.5, 0.6) is 0 Å². The molecule has 0 aromatic carbocycles. The van der Waals surface area contributed by atoms with Gasteiger partial charge in [0.05, 0.1) is 23.8 Å². The second-order valence-corrected chi connectivity index (χ2v) is 8.81. The first kappa shape index (κ1) is 19.5. The maximum Gasteiger partial charge on any atom is 0.264 e. The van der Waals surface area contributed by atoms with Gasteiger partial charge >= 0.3 is 0 Å². The molecule has 150 valence electrons. The lowest BCUT2D eigenvalue weighted by molar-refractivity contribution is -0.121. The molecule has 2 aromatic heterocycles. The van der Waals surface area contributed by atoms with Crippen molar-refractivity contribution in [2.75, 3.05) is 38.2 Å². The molecule has 2 fully saturated rings. The molecule has 0 aliphatic carbocycles. The van der Waals surface area contributed by atoms with E-state index in [0.717, 1.165) is 51.4 Å². The Kier molecular flexibility index (Phi) is 6.36. The van der Waals surface area contributed by atoms with E-state index in [1.807, 2.05) is 22.9 Å². The van der Waals surface area contributed by atoms with Gasteiger partial charge in [0.15, 0.2) is 5.13 Å². The van der Waals surface area contributed by atoms with E-state index >= 15 is 0 Å². The number of aromatic nitrogens is 1. The first-order valence-corrected chi connectivity index (χ1v) is 11.4. The van der Waals surface area contributed by atoms with Crippen molar-refractivity contribution < 1.29 is 14.3 Å². The summed E-state index contributed by atoms with van der Waals surface area (Å²) in [7, 11) is 0. The van der Waals surface area contributed by atoms with Gasteiger partial charge in [-0.05, 0) is 30.7 Å². The highest BCUT2D eigenvalue weighted by Gasteiger charge is 2.33. The minimum atomic E-state index is -0.435. The number of piperidine rings is 1. The monoisotopic (exact) mass is 420 g/mol. The summed E-state index contributed by atoms with van der Waals surface area (Å²) < 4.78 is 5.37. The number of carbonyl (C=O) groups is 2. The van der Waals surface area contributed by atoms with Gasteiger partial charge in [-0.25, -0.2) is 4.98 Å². The second-order valence-electron chi connectivity index (χ2n) is 7.01. The zero-order chi connectivity index (χ0) is 19.3. The molecule has 0 saturated carbocycles. The van der Waals surface area contributed by atoms with Gasteiger partial charge in [-0.15, -0.1) is 22.7 Å². The van der Waals surface area contributed by atoms with Gasteiger partial charge in [-0.3, -0.25) is 14.5 Å². The summed E-state index contributed by atoms with van der Waals surface area (Å²) in [6.07, 6.45) is 2.57. The van der Waals surface area contributed by atoms with Crippen molar-refractivity contribution in [2.24, 2.45) is 0 Å². The summed E-state index contributed by atoms with van der Waals surface area (Å²) >= 11 is 2.85. The Labute approximate surface area is 172 Å². The first-order valence-electron chi connectivity index (χ1n) is 9.60. The zero-order valence-corrected chi connectivity index (χ0v) is 17.3. The van der Waals surface area contributed by atoms with Crippen LogP contribution in [-0.4, -0.2) is 65.5 Å². The Morgan fingerprint density at radius 2 is 2.07 bits per heavy atom. The number of thiazole rings is 1. The van der Waals surface area contributed by atoms with E-state index in [0.29, 0.717) is 23.0 Å². The number of hydrogen-bond donors (Lipinski definition) is 1. The molecule has 7 nitrogen and oxygen atoms in total. The number of ether oxygens (including phenoxy) is 1. The van der Waals surface area contributed by atoms with Crippen molar-refractivity contribution in [1.29, 1.82) is 0 Å². The van der Waals surface area contributed by atoms with E-state index in [1.54, 1.807) is 4.90 Å². The topological polar surface area (TPSA) is 74.8 Å². The molecule has 0 spiro atoms. The molecule has 2 aromatic rings. The summed E-state index contributed by atoms with van der Waals surface area (Å²) in [5.74, 6) is -0.195. The number of thiophene rings is 1. The molecule has 2 aliphatic rings. The first-order chi connectivity index (χ1) is 13.7. The third-order valence-corrected chi connectivity index (χ3v) is 6.73. The molecule has 2 aliphatic heterocycles. The smallest absolute Gasteiger partial charge is 0.264 e. The fourth-order valence-electron chi connectivity index (χ4n) is 3.60. The maximum absolute atomic E-state index is 12.9. The van der Waals surface area contributed by atoms with Crippen LogP contribution in [0.3, 0.4) is 0 Å². The molecular formula is C19H24N4O3S2. The van der Waals surface area contributed by atoms with Gasteiger partial charge in [0.2, 0.25) is 5.91 Å². The quantitative estimate of drug-likeness (QED) is 0.805. The van der Waals surface area contributed by atoms with Crippen molar-refractivity contribution in [2.45, 2.75) is 31.8 Å². The van der Waals surface area contributed by atoms with Gasteiger partial charge in [-0.2, -0.15) is 0 Å². The fraction of sp³-hybridized carbons (Fsp3) is 0.526. The molecule has 4 rings (SSSR count). The SMILES string of the molecule is O=C(Nc1nc(CN2CCOCC2)cs1)C1CCCCN1C(=O)c1cccs1. The largest absolute Gasteiger partial charge is 0.379 e. The van der Waals surface area contributed by atoms with Gasteiger partial charge in [0, 0.05) is 31.6 Å². The third kappa shape index (κ3) is 4.60. The van der Waals surface area contributed by atoms with Gasteiger partial charge in [0.1, 0.15) is 6.04 Å². The van der Waals surface area contributed by atoms with E-state index in [4.69, 9.17) is 4.74 Å². The van der Waals surface area contributed by atoms with Crippen LogP contribution in [-0.2, 0) is 16.1 Å². The van der Waals surface area contributed by atoms with Gasteiger partial charge in [0.25, 0.3) is 5.91 Å². The molecule has 2 saturated heterocycles. The minimum absolute atomic E-state index is 0.0537. The number of carbonyl (C=O) groups excluding carboxylic acids is 2. The van der Waals surface area contributed by atoms with Gasteiger partial charge in [-0.1, -0.05) is 6.07 Å². The highest BCUT2D eigenvalue weighted by molar-refractivity contribution is 7.14. The lowest BCUT2D eigenvalue weighted by Gasteiger charge is -2.34. The number of hydrogen-bond acceptors (Lipinski definition) is 7. The van der Waals surface area contributed by atoms with E-state index in [-0.39, 0.29) is 11.8 Å². The Hall–Kier alpha value is -1.81. The molecule has 9 heteroatoms. The molecule has 0 bridgehead atoms. The summed E-state index contributed by atoms with van der Waals surface area (Å²) in [5.41, 5.74) is 0.956. The zero-order valence-electron chi connectivity index (χ0n) is 15.6. The number of rotatable bonds is 5. The average Bonchev–Trinajstić information content (AvgIpc) is 3.41. The summed E-state index contributed by atoms with van der Waals surface area (Å²) in [5, 5.41) is 7.41. The van der Waals surface area contributed by atoms with E-state index < -0.39 is 6.04 Å². The van der Waals surface area contributed by atoms with Crippen molar-refractivity contribution in [1.82, 2.24) is 14.8 Å². The maximum atomic E-state index is 12.9. The van der Waals surface area contributed by atoms with Crippen LogP contribution in [0.15, 0.2) is 22.9 Å². The summed E-state index contributed by atoms with van der Waals surface area (Å²) in [4.78, 5) is 34.9. The van der Waals surface area contributed by atoms with Crippen molar-refractivity contribution in [3.05, 3.63) is 33.5 Å². The lowest BCUT2D eigenvalue weighted by Crippen LogP contribution is -2.49. The molecule has 1 unspecified atom stereocenters. The van der Waals surface area contributed by atoms with Crippen LogP contribution >= 0.6 is 22.7 Å². The van der Waals surface area contributed by atoms with Crippen LogP contribution in [0, 0.1) is 0 Å². The van der Waals surface area contributed by atoms with Crippen LogP contribution in [0.4, 0.5) is 5.13 Å². The number of morpholine rings is 1. The lowest BCUT2D eigenvalue weighted by atomic mass is 10.0. The fourth-order valence-corrected chi connectivity index (χ4v) is 4.99. The summed E-state index contributed by atoms with van der Waals surface area (Å²) in [6.45, 7) is 4.70. The predicted molar refractivity (Wildman–Crippen MR) is 110 cm³/mol. The Balaban J connectivity index is 1.38. The molecule has 1 N–H and O–H groups in total. The Bertz CT molecular complexity index is 802. The Morgan fingerprint density at radius 1 is 1.21 bits per heavy atom. The highest BCUT2D eigenvalue weighted by atomic mass is 32.1. The van der Waals surface area contributed by atoms with E-state index in [2.05, 4.69) is 15.2 Å². The van der Waals surface area contributed by atoms with Crippen LogP contribution in [0.2, 0.25) is 0 Å². The molecular weight excluding hydrogens is 396 g/mol. The van der Waals surface area contributed by atoms with Crippen molar-refractivity contribution in [3.63, 3.8) is 0 Å². The number of nitrogens with one attached hydrogen (secondary N) is 1. The summed E-state index contributed by atoms with van der Waals surface area (Å²) in [6, 6.07) is 3.24. The number of amides is 2. The average molecular weight is 421 g/mol. The normalized spacial score (nSPS) is 20.9. The minimum Gasteiger partial charge on any atom is -0.379 e. The molecule has 0 radical (unpaired) electrons. The number of nitrogens with zero attached hydrogens (tertiary/aromatic N) is 3. The Morgan fingerprint density at radius 3 is 2.86 bits per heavy atom. The highest BCUT2D eigenvalue weighted by Crippen LogP contribution is 2.24. The molecule has 28 heavy (non-hydrogen) atoms. The standard InChI is InChI=1S/C19H24N4O3S2/c24-17(15-4-1-2-6-23(15)18(25)16-5-3-11-27-16)21-19-20-14(13-28-19)12-22-7-9-26-10-8-22/h3,5,11,13,15H,1-2,4,6-10,12H2,(H,20,21,24). The molecule has 1 atom stereocenters. The van der Waals surface area contributed by atoms with E-state index in [1.165, 1.54) is 22.7 Å². The van der Waals surface area contributed by atoms with Crippen LogP contribution in [0.1, 0.15) is 34.6 Å². The van der Waals surface area contributed by atoms with Gasteiger partial charge < -0.3 is 15.0 Å². The van der Waals surface area contributed by atoms with Crippen LogP contribution < -0.4 is 5.32 Å².